The molecular weight excluding hydrogens is 343 g/mol. The first-order valence-corrected chi connectivity index (χ1v) is 6.70. The van der Waals surface area contributed by atoms with E-state index in [1.807, 2.05) is 0 Å². The van der Waals surface area contributed by atoms with Crippen molar-refractivity contribution in [2.75, 3.05) is 5.32 Å². The molecule has 2 aromatic rings. The number of nitrogens with zero attached hydrogens (tertiary/aromatic N) is 1. The molecule has 0 atom stereocenters. The van der Waals surface area contributed by atoms with E-state index in [1.54, 1.807) is 19.1 Å². The van der Waals surface area contributed by atoms with Crippen molar-refractivity contribution in [2.45, 2.75) is 6.92 Å². The van der Waals surface area contributed by atoms with Crippen molar-refractivity contribution < 1.29 is 14.1 Å². The van der Waals surface area contributed by atoms with E-state index in [-0.39, 0.29) is 21.4 Å². The van der Waals surface area contributed by atoms with Crippen LogP contribution in [0.5, 0.6) is 0 Å². The number of anilines is 1. The Labute approximate surface area is 128 Å². The lowest BCUT2D eigenvalue weighted by Crippen LogP contribution is -2.14. The average Bonchev–Trinajstić information content (AvgIpc) is 2.42. The number of para-hydroxylation sites is 1. The maximum atomic E-state index is 13.4. The van der Waals surface area contributed by atoms with Crippen LogP contribution in [0.25, 0.3) is 0 Å². The van der Waals surface area contributed by atoms with E-state index in [9.17, 15) is 19.3 Å². The third-order valence-electron chi connectivity index (χ3n) is 2.84. The van der Waals surface area contributed by atoms with Gasteiger partial charge in [-0.1, -0.05) is 12.1 Å². The highest BCUT2D eigenvalue weighted by Crippen LogP contribution is 2.25. The molecule has 1 amide bonds. The highest BCUT2D eigenvalue weighted by Gasteiger charge is 2.22. The first kappa shape index (κ1) is 15.1. The van der Waals surface area contributed by atoms with Crippen LogP contribution in [0.4, 0.5) is 15.8 Å². The highest BCUT2D eigenvalue weighted by atomic mass is 79.9. The maximum absolute atomic E-state index is 13.4. The summed E-state index contributed by atoms with van der Waals surface area (Å²) in [4.78, 5) is 22.6. The molecule has 0 saturated heterocycles. The minimum absolute atomic E-state index is 0.0664. The molecule has 0 saturated carbocycles. The Balaban J connectivity index is 2.35. The summed E-state index contributed by atoms with van der Waals surface area (Å²) in [6, 6.07) is 8.52. The van der Waals surface area contributed by atoms with E-state index in [0.717, 1.165) is 6.07 Å². The number of nitrogens with one attached hydrogen (secondary N) is 1. The molecule has 1 N–H and O–H groups in total. The predicted molar refractivity (Wildman–Crippen MR) is 79.9 cm³/mol. The Morgan fingerprint density at radius 1 is 1.33 bits per heavy atom. The molecule has 21 heavy (non-hydrogen) atoms. The molecule has 0 radical (unpaired) electrons. The van der Waals surface area contributed by atoms with E-state index in [0.29, 0.717) is 5.56 Å². The predicted octanol–water partition coefficient (Wildman–Crippen LogP) is 4.06. The van der Waals surface area contributed by atoms with Gasteiger partial charge in [0.2, 0.25) is 0 Å². The van der Waals surface area contributed by atoms with Crippen LogP contribution in [-0.4, -0.2) is 10.8 Å². The highest BCUT2D eigenvalue weighted by molar-refractivity contribution is 9.10. The molecule has 0 aromatic heterocycles. The molecule has 7 heteroatoms. The molecule has 0 unspecified atom stereocenters. The number of halogens is 2. The lowest BCUT2D eigenvalue weighted by atomic mass is 10.1. The third-order valence-corrected chi connectivity index (χ3v) is 3.49. The van der Waals surface area contributed by atoms with Gasteiger partial charge in [-0.05, 0) is 47.1 Å². The second-order valence-electron chi connectivity index (χ2n) is 4.31. The van der Waals surface area contributed by atoms with Crippen molar-refractivity contribution in [3.63, 3.8) is 0 Å². The van der Waals surface area contributed by atoms with Crippen LogP contribution in [0.2, 0.25) is 0 Å². The first-order chi connectivity index (χ1) is 9.90. The number of nitro benzene ring substituents is 1. The number of carbonyl (C=O) groups is 1. The second-order valence-corrected chi connectivity index (χ2v) is 5.17. The quantitative estimate of drug-likeness (QED) is 0.668. The van der Waals surface area contributed by atoms with E-state index in [4.69, 9.17) is 0 Å². The summed E-state index contributed by atoms with van der Waals surface area (Å²) in [7, 11) is 0. The van der Waals surface area contributed by atoms with Crippen molar-refractivity contribution in [2.24, 2.45) is 0 Å². The van der Waals surface area contributed by atoms with Crippen LogP contribution >= 0.6 is 15.9 Å². The standard InChI is InChI=1S/C14H10BrFN2O3/c1-8-3-2-4-10(13(8)18(20)21)14(19)17-9-5-6-11(15)12(16)7-9/h2-7H,1H3,(H,17,19). The number of aryl methyl sites for hydroxylation is 1. The molecule has 0 aliphatic rings. The molecule has 108 valence electrons. The smallest absolute Gasteiger partial charge is 0.285 e. The van der Waals surface area contributed by atoms with Gasteiger partial charge in [0.25, 0.3) is 11.6 Å². The summed E-state index contributed by atoms with van der Waals surface area (Å²) < 4.78 is 13.7. The van der Waals surface area contributed by atoms with Gasteiger partial charge in [-0.15, -0.1) is 0 Å². The molecule has 2 rings (SSSR count). The van der Waals surface area contributed by atoms with Crippen LogP contribution in [0.3, 0.4) is 0 Å². The number of amides is 1. The van der Waals surface area contributed by atoms with Crippen LogP contribution in [0.15, 0.2) is 40.9 Å². The zero-order valence-electron chi connectivity index (χ0n) is 10.9. The minimum Gasteiger partial charge on any atom is -0.322 e. The van der Waals surface area contributed by atoms with E-state index < -0.39 is 16.6 Å². The number of carbonyl (C=O) groups excluding carboxylic acids is 1. The molecule has 0 spiro atoms. The van der Waals surface area contributed by atoms with Crippen LogP contribution in [-0.2, 0) is 0 Å². The molecule has 2 aromatic carbocycles. The number of benzene rings is 2. The Bertz CT molecular complexity index is 734. The summed E-state index contributed by atoms with van der Waals surface area (Å²) in [5.41, 5.74) is 0.280. The molecule has 5 nitrogen and oxygen atoms in total. The SMILES string of the molecule is Cc1cccc(C(=O)Nc2ccc(Br)c(F)c2)c1[N+](=O)[O-]. The molecule has 0 aliphatic heterocycles. The van der Waals surface area contributed by atoms with Gasteiger partial charge in [0.05, 0.1) is 9.40 Å². The number of nitro groups is 1. The summed E-state index contributed by atoms with van der Waals surface area (Å²) in [5, 5.41) is 13.5. The Morgan fingerprint density at radius 3 is 2.67 bits per heavy atom. The van der Waals surface area contributed by atoms with E-state index in [1.165, 1.54) is 18.2 Å². The summed E-state index contributed by atoms with van der Waals surface area (Å²) in [6.45, 7) is 1.55. The van der Waals surface area contributed by atoms with Crippen LogP contribution < -0.4 is 5.32 Å². The Hall–Kier alpha value is -2.28. The topological polar surface area (TPSA) is 72.2 Å². The summed E-state index contributed by atoms with van der Waals surface area (Å²) in [5.74, 6) is -1.20. The Morgan fingerprint density at radius 2 is 2.05 bits per heavy atom. The van der Waals surface area contributed by atoms with Crippen molar-refractivity contribution in [1.82, 2.24) is 0 Å². The Kier molecular flexibility index (Phi) is 4.32. The third kappa shape index (κ3) is 3.25. The fourth-order valence-electron chi connectivity index (χ4n) is 1.86. The van der Waals surface area contributed by atoms with Crippen molar-refractivity contribution in [3.05, 3.63) is 67.9 Å². The molecule has 0 bridgehead atoms. The van der Waals surface area contributed by atoms with Gasteiger partial charge in [-0.3, -0.25) is 14.9 Å². The van der Waals surface area contributed by atoms with Gasteiger partial charge in [-0.2, -0.15) is 0 Å². The molecule has 0 fully saturated rings. The molecule has 0 aliphatic carbocycles. The van der Waals surface area contributed by atoms with Gasteiger partial charge in [0.1, 0.15) is 11.4 Å². The van der Waals surface area contributed by atoms with Gasteiger partial charge in [0, 0.05) is 11.3 Å². The second kappa shape index (κ2) is 6.01. The number of rotatable bonds is 3. The monoisotopic (exact) mass is 352 g/mol. The van der Waals surface area contributed by atoms with Gasteiger partial charge in [0.15, 0.2) is 0 Å². The van der Waals surface area contributed by atoms with Crippen LogP contribution in [0, 0.1) is 22.9 Å². The summed E-state index contributed by atoms with van der Waals surface area (Å²) >= 11 is 3.00. The summed E-state index contributed by atoms with van der Waals surface area (Å²) in [6.07, 6.45) is 0. The maximum Gasteiger partial charge on any atom is 0.285 e. The van der Waals surface area contributed by atoms with E-state index >= 15 is 0 Å². The number of hydrogen-bond acceptors (Lipinski definition) is 3. The van der Waals surface area contributed by atoms with Gasteiger partial charge in [-0.25, -0.2) is 4.39 Å². The zero-order valence-corrected chi connectivity index (χ0v) is 12.5. The van der Waals surface area contributed by atoms with Gasteiger partial charge < -0.3 is 5.32 Å². The lowest BCUT2D eigenvalue weighted by molar-refractivity contribution is -0.385. The largest absolute Gasteiger partial charge is 0.322 e. The zero-order chi connectivity index (χ0) is 15.6. The molecule has 0 heterocycles. The number of hydrogen-bond donors (Lipinski definition) is 1. The molecular formula is C14H10BrFN2O3. The normalized spacial score (nSPS) is 10.2. The van der Waals surface area contributed by atoms with Crippen molar-refractivity contribution in [1.29, 1.82) is 0 Å². The fourth-order valence-corrected chi connectivity index (χ4v) is 2.10. The fraction of sp³-hybridized carbons (Fsp3) is 0.0714. The van der Waals surface area contributed by atoms with Crippen molar-refractivity contribution in [3.8, 4) is 0 Å². The minimum atomic E-state index is -0.660. The lowest BCUT2D eigenvalue weighted by Gasteiger charge is -2.07. The average molecular weight is 353 g/mol. The van der Waals surface area contributed by atoms with Gasteiger partial charge >= 0.3 is 0 Å². The first-order valence-electron chi connectivity index (χ1n) is 5.90. The van der Waals surface area contributed by atoms with E-state index in [2.05, 4.69) is 21.2 Å². The van der Waals surface area contributed by atoms with Crippen molar-refractivity contribution >= 4 is 33.2 Å². The van der Waals surface area contributed by atoms with Crippen LogP contribution in [0.1, 0.15) is 15.9 Å².